The van der Waals surface area contributed by atoms with Crippen LogP contribution < -0.4 is 4.74 Å². The smallest absolute Gasteiger partial charge is 0.303 e. The van der Waals surface area contributed by atoms with Crippen LogP contribution in [0.3, 0.4) is 0 Å². The van der Waals surface area contributed by atoms with Gasteiger partial charge in [0.2, 0.25) is 0 Å². The summed E-state index contributed by atoms with van der Waals surface area (Å²) >= 11 is 0. The molecule has 0 spiro atoms. The van der Waals surface area contributed by atoms with Crippen LogP contribution in [0.15, 0.2) is 24.3 Å². The van der Waals surface area contributed by atoms with Crippen LogP contribution in [0.5, 0.6) is 5.75 Å². The van der Waals surface area contributed by atoms with Crippen LogP contribution in [-0.4, -0.2) is 22.5 Å². The second-order valence-corrected chi connectivity index (χ2v) is 6.07. The van der Waals surface area contributed by atoms with E-state index in [4.69, 9.17) is 9.84 Å². The molecule has 1 aromatic carbocycles. The van der Waals surface area contributed by atoms with Gasteiger partial charge in [-0.25, -0.2) is 0 Å². The maximum absolute atomic E-state index is 12.0. The van der Waals surface area contributed by atoms with Gasteiger partial charge in [0.05, 0.1) is 0 Å². The van der Waals surface area contributed by atoms with Gasteiger partial charge in [0.15, 0.2) is 5.78 Å². The van der Waals surface area contributed by atoms with Crippen molar-refractivity contribution < 1.29 is 19.4 Å². The monoisotopic (exact) mass is 278 g/mol. The first-order chi connectivity index (χ1) is 9.17. The van der Waals surface area contributed by atoms with Crippen LogP contribution in [0.25, 0.3) is 0 Å². The Bertz CT molecular complexity index is 468. The number of carbonyl (C=O) groups is 2. The van der Waals surface area contributed by atoms with Gasteiger partial charge >= 0.3 is 5.97 Å². The minimum Gasteiger partial charge on any atom is -0.488 e. The average molecular weight is 278 g/mol. The normalized spacial score (nSPS) is 12.8. The summed E-state index contributed by atoms with van der Waals surface area (Å²) in [5.41, 5.74) is 0.310. The van der Waals surface area contributed by atoms with Crippen molar-refractivity contribution in [2.45, 2.75) is 46.1 Å². The molecule has 1 atom stereocenters. The van der Waals surface area contributed by atoms with E-state index in [2.05, 4.69) is 0 Å². The number of carbonyl (C=O) groups excluding carboxylic acids is 1. The van der Waals surface area contributed by atoms with Gasteiger partial charge in [-0.3, -0.25) is 9.59 Å². The van der Waals surface area contributed by atoms with E-state index in [0.29, 0.717) is 11.3 Å². The largest absolute Gasteiger partial charge is 0.488 e. The number of Topliss-reactive ketones (excluding diaryl/α,β-unsaturated/α-hetero) is 1. The third kappa shape index (κ3) is 5.87. The Balaban J connectivity index is 2.64. The molecule has 110 valence electrons. The van der Waals surface area contributed by atoms with Crippen molar-refractivity contribution in [3.63, 3.8) is 0 Å². The van der Waals surface area contributed by atoms with Crippen molar-refractivity contribution in [2.24, 2.45) is 5.92 Å². The van der Waals surface area contributed by atoms with E-state index in [1.165, 1.54) is 0 Å². The van der Waals surface area contributed by atoms with Crippen LogP contribution in [-0.2, 0) is 4.79 Å². The van der Waals surface area contributed by atoms with Gasteiger partial charge < -0.3 is 9.84 Å². The predicted octanol–water partition coefficient (Wildman–Crippen LogP) is 3.55. The van der Waals surface area contributed by atoms with Crippen molar-refractivity contribution in [1.29, 1.82) is 0 Å². The highest BCUT2D eigenvalue weighted by Crippen LogP contribution is 2.20. The molecule has 4 heteroatoms. The van der Waals surface area contributed by atoms with E-state index in [0.717, 1.165) is 0 Å². The summed E-state index contributed by atoms with van der Waals surface area (Å²) in [6.45, 7) is 7.64. The van der Waals surface area contributed by atoms with Gasteiger partial charge in [0, 0.05) is 18.4 Å². The molecule has 0 saturated carbocycles. The Kier molecular flexibility index (Phi) is 5.31. The molecule has 0 amide bonds. The van der Waals surface area contributed by atoms with Gasteiger partial charge in [-0.05, 0) is 51.0 Å². The summed E-state index contributed by atoms with van der Waals surface area (Å²) in [5, 5.41) is 8.68. The van der Waals surface area contributed by atoms with Crippen LogP contribution >= 0.6 is 0 Å². The van der Waals surface area contributed by atoms with E-state index in [-0.39, 0.29) is 30.1 Å². The Morgan fingerprint density at radius 3 is 2.15 bits per heavy atom. The molecular formula is C16H22O4. The third-order valence-corrected chi connectivity index (χ3v) is 2.66. The lowest BCUT2D eigenvalue weighted by molar-refractivity contribution is -0.137. The minimum atomic E-state index is -0.876. The molecule has 1 unspecified atom stereocenters. The minimum absolute atomic E-state index is 0.0109. The summed E-state index contributed by atoms with van der Waals surface area (Å²) in [7, 11) is 0. The van der Waals surface area contributed by atoms with Crippen molar-refractivity contribution in [3.05, 3.63) is 29.8 Å². The Labute approximate surface area is 119 Å². The number of ether oxygens (including phenoxy) is 1. The molecule has 0 saturated heterocycles. The fourth-order valence-corrected chi connectivity index (χ4v) is 1.87. The third-order valence-electron chi connectivity index (χ3n) is 2.66. The van der Waals surface area contributed by atoms with Crippen LogP contribution in [0, 0.1) is 5.92 Å². The molecule has 1 rings (SSSR count). The number of aliphatic carboxylic acids is 1. The van der Waals surface area contributed by atoms with Gasteiger partial charge in [0.25, 0.3) is 0 Å². The number of hydrogen-bond donors (Lipinski definition) is 1. The van der Waals surface area contributed by atoms with Gasteiger partial charge in [-0.2, -0.15) is 0 Å². The van der Waals surface area contributed by atoms with Crippen molar-refractivity contribution >= 4 is 11.8 Å². The van der Waals surface area contributed by atoms with E-state index >= 15 is 0 Å². The Morgan fingerprint density at radius 1 is 1.15 bits per heavy atom. The molecule has 0 heterocycles. The van der Waals surface area contributed by atoms with Gasteiger partial charge in [-0.15, -0.1) is 0 Å². The molecular weight excluding hydrogens is 256 g/mol. The molecule has 0 aliphatic heterocycles. The fourth-order valence-electron chi connectivity index (χ4n) is 1.87. The lowest BCUT2D eigenvalue weighted by Gasteiger charge is -2.21. The van der Waals surface area contributed by atoms with Crippen LogP contribution in [0.4, 0.5) is 0 Å². The molecule has 0 bridgehead atoms. The number of carboxylic acid groups (broad SMARTS) is 1. The summed E-state index contributed by atoms with van der Waals surface area (Å²) in [6.07, 6.45) is 0.253. The zero-order valence-electron chi connectivity index (χ0n) is 12.5. The summed E-state index contributed by atoms with van der Waals surface area (Å²) in [5.74, 6) is -0.363. The number of benzene rings is 1. The predicted molar refractivity (Wildman–Crippen MR) is 77.2 cm³/mol. The molecule has 1 N–H and O–H groups in total. The zero-order chi connectivity index (χ0) is 15.3. The van der Waals surface area contributed by atoms with E-state index in [1.807, 2.05) is 20.8 Å². The summed E-state index contributed by atoms with van der Waals surface area (Å²) < 4.78 is 5.68. The second-order valence-electron chi connectivity index (χ2n) is 6.07. The fraction of sp³-hybridized carbons (Fsp3) is 0.500. The SMILES string of the molecule is CC(CC(=O)O)CC(=O)c1ccc(OC(C)(C)C)cc1. The van der Waals surface area contributed by atoms with E-state index < -0.39 is 5.97 Å². The molecule has 0 fully saturated rings. The number of hydrogen-bond acceptors (Lipinski definition) is 3. The van der Waals surface area contributed by atoms with Crippen molar-refractivity contribution in [1.82, 2.24) is 0 Å². The van der Waals surface area contributed by atoms with Crippen molar-refractivity contribution in [2.75, 3.05) is 0 Å². The topological polar surface area (TPSA) is 63.6 Å². The quantitative estimate of drug-likeness (QED) is 0.808. The standard InChI is InChI=1S/C16H22O4/c1-11(10-15(18)19)9-14(17)12-5-7-13(8-6-12)20-16(2,3)4/h5-8,11H,9-10H2,1-4H3,(H,18,19). The highest BCUT2D eigenvalue weighted by Gasteiger charge is 2.15. The maximum Gasteiger partial charge on any atom is 0.303 e. The Hall–Kier alpha value is -1.84. The molecule has 0 aliphatic carbocycles. The molecule has 1 aromatic rings. The van der Waals surface area contributed by atoms with E-state index in [9.17, 15) is 9.59 Å². The second kappa shape index (κ2) is 6.55. The average Bonchev–Trinajstić information content (AvgIpc) is 2.26. The molecule has 0 aliphatic rings. The Morgan fingerprint density at radius 2 is 1.70 bits per heavy atom. The highest BCUT2D eigenvalue weighted by atomic mass is 16.5. The van der Waals surface area contributed by atoms with E-state index in [1.54, 1.807) is 31.2 Å². The number of carboxylic acids is 1. The van der Waals surface area contributed by atoms with Crippen LogP contribution in [0.1, 0.15) is 50.9 Å². The van der Waals surface area contributed by atoms with Gasteiger partial charge in [0.1, 0.15) is 11.4 Å². The molecule has 4 nitrogen and oxygen atoms in total. The first kappa shape index (κ1) is 16.2. The zero-order valence-corrected chi connectivity index (χ0v) is 12.5. The molecule has 0 aromatic heterocycles. The van der Waals surface area contributed by atoms with Gasteiger partial charge in [-0.1, -0.05) is 6.92 Å². The molecule has 20 heavy (non-hydrogen) atoms. The highest BCUT2D eigenvalue weighted by molar-refractivity contribution is 5.96. The maximum atomic E-state index is 12.0. The van der Waals surface area contributed by atoms with Crippen LogP contribution in [0.2, 0.25) is 0 Å². The molecule has 0 radical (unpaired) electrons. The lowest BCUT2D eigenvalue weighted by atomic mass is 9.97. The first-order valence-electron chi connectivity index (χ1n) is 6.71. The van der Waals surface area contributed by atoms with Crippen molar-refractivity contribution in [3.8, 4) is 5.75 Å². The number of ketones is 1. The number of rotatable bonds is 6. The summed E-state index contributed by atoms with van der Waals surface area (Å²) in [4.78, 5) is 22.6. The first-order valence-corrected chi connectivity index (χ1v) is 6.71. The lowest BCUT2D eigenvalue weighted by Crippen LogP contribution is -2.22. The summed E-state index contributed by atoms with van der Waals surface area (Å²) in [6, 6.07) is 6.97.